The predicted octanol–water partition coefficient (Wildman–Crippen LogP) is 3.20. The van der Waals surface area contributed by atoms with Gasteiger partial charge in [-0.3, -0.25) is 0 Å². The second kappa shape index (κ2) is 6.14. The van der Waals surface area contributed by atoms with Gasteiger partial charge < -0.3 is 18.7 Å². The molecule has 3 rings (SSSR count). The quantitative estimate of drug-likeness (QED) is 0.595. The molecule has 1 aromatic carbocycles. The van der Waals surface area contributed by atoms with Crippen molar-refractivity contribution in [3.8, 4) is 17.2 Å². The standard InChI is InChI=1S/C17H26NO3/c1-18(2,14-6-3-4-7-14)10-5-11-19-15-8-9-16-17(12-15)21-13-20-16/h8-9,12,14H,3-7,10-11,13H2,1-2H3/q+1. The molecule has 1 heterocycles. The third kappa shape index (κ3) is 3.43. The summed E-state index contributed by atoms with van der Waals surface area (Å²) in [5, 5.41) is 0. The van der Waals surface area contributed by atoms with Gasteiger partial charge in [0.15, 0.2) is 11.5 Å². The van der Waals surface area contributed by atoms with Crippen LogP contribution in [-0.4, -0.2) is 44.6 Å². The van der Waals surface area contributed by atoms with Crippen molar-refractivity contribution in [3.05, 3.63) is 18.2 Å². The summed E-state index contributed by atoms with van der Waals surface area (Å²) in [5.41, 5.74) is 0. The second-order valence-electron chi connectivity index (χ2n) is 6.66. The fraction of sp³-hybridized carbons (Fsp3) is 0.647. The zero-order chi connectivity index (χ0) is 14.7. The van der Waals surface area contributed by atoms with Gasteiger partial charge in [0.25, 0.3) is 0 Å². The van der Waals surface area contributed by atoms with Crippen LogP contribution in [0, 0.1) is 0 Å². The third-order valence-corrected chi connectivity index (χ3v) is 4.80. The molecule has 0 bridgehead atoms. The lowest BCUT2D eigenvalue weighted by Gasteiger charge is -2.36. The first-order chi connectivity index (χ1) is 10.1. The summed E-state index contributed by atoms with van der Waals surface area (Å²) in [5.74, 6) is 2.46. The lowest BCUT2D eigenvalue weighted by Crippen LogP contribution is -2.48. The molecule has 0 radical (unpaired) electrons. The molecule has 0 amide bonds. The van der Waals surface area contributed by atoms with Gasteiger partial charge in [0.2, 0.25) is 6.79 Å². The molecule has 2 aliphatic rings. The zero-order valence-corrected chi connectivity index (χ0v) is 13.1. The Morgan fingerprint density at radius 1 is 1.14 bits per heavy atom. The van der Waals surface area contributed by atoms with Gasteiger partial charge in [0.1, 0.15) is 5.75 Å². The number of nitrogens with zero attached hydrogens (tertiary/aromatic N) is 1. The van der Waals surface area contributed by atoms with Gasteiger partial charge >= 0.3 is 0 Å². The molecule has 1 aromatic rings. The maximum atomic E-state index is 5.84. The summed E-state index contributed by atoms with van der Waals surface area (Å²) in [6.07, 6.45) is 6.66. The maximum absolute atomic E-state index is 5.84. The number of hydrogen-bond donors (Lipinski definition) is 0. The van der Waals surface area contributed by atoms with E-state index in [-0.39, 0.29) is 0 Å². The topological polar surface area (TPSA) is 27.7 Å². The molecule has 0 N–H and O–H groups in total. The molecular formula is C17H26NO3+. The van der Waals surface area contributed by atoms with Crippen LogP contribution in [0.1, 0.15) is 32.1 Å². The zero-order valence-electron chi connectivity index (χ0n) is 13.1. The molecule has 1 aliphatic heterocycles. The summed E-state index contributed by atoms with van der Waals surface area (Å²) < 4.78 is 17.6. The van der Waals surface area contributed by atoms with Gasteiger partial charge in [-0.1, -0.05) is 0 Å². The fourth-order valence-corrected chi connectivity index (χ4v) is 3.41. The summed E-state index contributed by atoms with van der Waals surface area (Å²) >= 11 is 0. The number of ether oxygens (including phenoxy) is 3. The normalized spacial score (nSPS) is 18.2. The van der Waals surface area contributed by atoms with E-state index in [2.05, 4.69) is 14.1 Å². The molecule has 4 nitrogen and oxygen atoms in total. The molecule has 0 saturated heterocycles. The largest absolute Gasteiger partial charge is 0.493 e. The highest BCUT2D eigenvalue weighted by atomic mass is 16.7. The van der Waals surface area contributed by atoms with Crippen molar-refractivity contribution in [2.24, 2.45) is 0 Å². The molecule has 1 aliphatic carbocycles. The monoisotopic (exact) mass is 292 g/mol. The number of fused-ring (bicyclic) bond motifs is 1. The van der Waals surface area contributed by atoms with Gasteiger partial charge in [-0.2, -0.15) is 0 Å². The van der Waals surface area contributed by atoms with Crippen LogP contribution in [0.3, 0.4) is 0 Å². The van der Waals surface area contributed by atoms with Crippen molar-refractivity contribution in [2.45, 2.75) is 38.1 Å². The van der Waals surface area contributed by atoms with Crippen LogP contribution in [0.5, 0.6) is 17.2 Å². The minimum absolute atomic E-state index is 0.311. The van der Waals surface area contributed by atoms with Crippen LogP contribution in [0.25, 0.3) is 0 Å². The lowest BCUT2D eigenvalue weighted by molar-refractivity contribution is -0.914. The highest BCUT2D eigenvalue weighted by Gasteiger charge is 2.30. The van der Waals surface area contributed by atoms with E-state index in [1.165, 1.54) is 32.2 Å². The predicted molar refractivity (Wildman–Crippen MR) is 81.9 cm³/mol. The average Bonchev–Trinajstić information content (AvgIpc) is 3.14. The molecule has 0 atom stereocenters. The van der Waals surface area contributed by atoms with E-state index in [0.717, 1.165) is 40.8 Å². The van der Waals surface area contributed by atoms with Crippen molar-refractivity contribution in [3.63, 3.8) is 0 Å². The smallest absolute Gasteiger partial charge is 0.231 e. The van der Waals surface area contributed by atoms with Gasteiger partial charge in [-0.15, -0.1) is 0 Å². The minimum atomic E-state index is 0.311. The van der Waals surface area contributed by atoms with Crippen LogP contribution in [0.2, 0.25) is 0 Å². The van der Waals surface area contributed by atoms with Gasteiger partial charge in [0, 0.05) is 12.5 Å². The molecule has 1 saturated carbocycles. The van der Waals surface area contributed by atoms with E-state index in [1.54, 1.807) is 0 Å². The average molecular weight is 292 g/mol. The SMILES string of the molecule is C[N+](C)(CCCOc1ccc2c(c1)OCO2)C1CCCC1. The number of hydrogen-bond acceptors (Lipinski definition) is 3. The van der Waals surface area contributed by atoms with Crippen LogP contribution in [0.15, 0.2) is 18.2 Å². The van der Waals surface area contributed by atoms with Crippen molar-refractivity contribution in [1.29, 1.82) is 0 Å². The number of rotatable bonds is 6. The molecule has 0 unspecified atom stereocenters. The van der Waals surface area contributed by atoms with E-state index in [4.69, 9.17) is 14.2 Å². The molecular weight excluding hydrogens is 266 g/mol. The summed E-state index contributed by atoms with van der Waals surface area (Å²) in [7, 11) is 4.72. The van der Waals surface area contributed by atoms with Gasteiger partial charge in [0.05, 0.1) is 33.3 Å². The van der Waals surface area contributed by atoms with Crippen LogP contribution >= 0.6 is 0 Å². The Morgan fingerprint density at radius 3 is 2.71 bits per heavy atom. The Hall–Kier alpha value is -1.42. The molecule has 4 heteroatoms. The fourth-order valence-electron chi connectivity index (χ4n) is 3.41. The second-order valence-corrected chi connectivity index (χ2v) is 6.66. The Morgan fingerprint density at radius 2 is 1.90 bits per heavy atom. The summed E-state index contributed by atoms with van der Waals surface area (Å²) in [6.45, 7) is 2.25. The first kappa shape index (κ1) is 14.5. The summed E-state index contributed by atoms with van der Waals surface area (Å²) in [4.78, 5) is 0. The molecule has 0 spiro atoms. The maximum Gasteiger partial charge on any atom is 0.231 e. The van der Waals surface area contributed by atoms with E-state index in [9.17, 15) is 0 Å². The molecule has 1 fully saturated rings. The minimum Gasteiger partial charge on any atom is -0.493 e. The highest BCUT2D eigenvalue weighted by Crippen LogP contribution is 2.35. The van der Waals surface area contributed by atoms with Crippen molar-refractivity contribution in [2.75, 3.05) is 34.0 Å². The van der Waals surface area contributed by atoms with E-state index >= 15 is 0 Å². The van der Waals surface area contributed by atoms with E-state index < -0.39 is 0 Å². The van der Waals surface area contributed by atoms with Crippen molar-refractivity contribution < 1.29 is 18.7 Å². The van der Waals surface area contributed by atoms with Crippen molar-refractivity contribution >= 4 is 0 Å². The first-order valence-corrected chi connectivity index (χ1v) is 8.00. The van der Waals surface area contributed by atoms with Crippen LogP contribution in [-0.2, 0) is 0 Å². The highest BCUT2D eigenvalue weighted by molar-refractivity contribution is 5.46. The van der Waals surface area contributed by atoms with Crippen LogP contribution < -0.4 is 14.2 Å². The van der Waals surface area contributed by atoms with Crippen LogP contribution in [0.4, 0.5) is 0 Å². The summed E-state index contributed by atoms with van der Waals surface area (Å²) in [6, 6.07) is 6.62. The van der Waals surface area contributed by atoms with Gasteiger partial charge in [-0.05, 0) is 37.8 Å². The van der Waals surface area contributed by atoms with E-state index in [1.807, 2.05) is 18.2 Å². The number of quaternary nitrogens is 1. The Bertz CT molecular complexity index is 481. The van der Waals surface area contributed by atoms with E-state index in [0.29, 0.717) is 6.79 Å². The molecule has 116 valence electrons. The Labute approximate surface area is 127 Å². The first-order valence-electron chi connectivity index (χ1n) is 8.00. The van der Waals surface area contributed by atoms with Crippen molar-refractivity contribution in [1.82, 2.24) is 0 Å². The number of benzene rings is 1. The molecule has 21 heavy (non-hydrogen) atoms. The Kier molecular flexibility index (Phi) is 4.24. The third-order valence-electron chi connectivity index (χ3n) is 4.80. The molecule has 0 aromatic heterocycles. The Balaban J connectivity index is 1.43. The van der Waals surface area contributed by atoms with Gasteiger partial charge in [-0.25, -0.2) is 0 Å². The lowest BCUT2D eigenvalue weighted by atomic mass is 10.1.